The number of carbonyl (C=O) groups is 3. The van der Waals surface area contributed by atoms with Gasteiger partial charge < -0.3 is 50.5 Å². The summed E-state index contributed by atoms with van der Waals surface area (Å²) in [5.74, 6) is 0. The van der Waals surface area contributed by atoms with E-state index in [1.807, 2.05) is 0 Å². The quantitative estimate of drug-likeness (QED) is 0.353. The van der Waals surface area contributed by atoms with E-state index in [9.17, 15) is 0 Å². The smallest absolute Gasteiger partial charge is 0.565 e. The molecule has 0 bridgehead atoms. The third kappa shape index (κ3) is 2300000. The molecule has 0 saturated carbocycles. The van der Waals surface area contributed by atoms with Crippen LogP contribution in [0.15, 0.2) is 0 Å². The van der Waals surface area contributed by atoms with E-state index < -0.39 is 18.5 Å². The number of hydrogen-bond donors (Lipinski definition) is 3. The summed E-state index contributed by atoms with van der Waals surface area (Å²) >= 11 is 0. The first-order valence-corrected chi connectivity index (χ1v) is 1.90. The van der Waals surface area contributed by atoms with Gasteiger partial charge in [-0.2, -0.15) is 0 Å². The molecule has 0 saturated heterocycles. The van der Waals surface area contributed by atoms with Gasteiger partial charge in [-0.1, -0.05) is 0 Å². The summed E-state index contributed by atoms with van der Waals surface area (Å²) in [7, 11) is 0. The van der Waals surface area contributed by atoms with Crippen molar-refractivity contribution in [1.82, 2.24) is 0 Å². The van der Waals surface area contributed by atoms with E-state index >= 15 is 0 Å². The molecule has 12 heteroatoms. The minimum atomic E-state index is -2.08. The Kier molecular flexibility index (Phi) is 70.7. The fraction of sp³-hybridized carbons (Fsp3) is 0. The topological polar surface area (TPSA) is 213 Å². The van der Waals surface area contributed by atoms with Gasteiger partial charge >= 0.3 is 67.3 Å². The van der Waals surface area contributed by atoms with E-state index in [1.165, 1.54) is 0 Å². The average molecular weight is 264 g/mol. The molecule has 0 spiro atoms. The van der Waals surface area contributed by atoms with E-state index in [0.29, 0.717) is 0 Å². The van der Waals surface area contributed by atoms with Crippen molar-refractivity contribution in [2.75, 3.05) is 0 Å². The minimum Gasteiger partial charge on any atom is -0.565 e. The maximum Gasteiger partial charge on any atom is 2.00 e. The number of hydrogen-bond acceptors (Lipinski definition) is 6. The summed E-state index contributed by atoms with van der Waals surface area (Å²) in [5, 5.41) is 45.9. The summed E-state index contributed by atoms with van der Waals surface area (Å²) in [6, 6.07) is 0. The zero-order valence-electron chi connectivity index (χ0n) is 7.50. The fourth-order valence-electron chi connectivity index (χ4n) is 0. The molecule has 10 nitrogen and oxygen atoms in total. The molecule has 0 atom stereocenters. The second-order valence-electron chi connectivity index (χ2n) is 0.798. The molecule has 80 valence electrons. The van der Waals surface area contributed by atoms with Crippen LogP contribution in [0.2, 0.25) is 0 Å². The molecule has 0 aromatic rings. The van der Waals surface area contributed by atoms with Crippen molar-refractivity contribution >= 4 is 56.2 Å². The van der Waals surface area contributed by atoms with Gasteiger partial charge in [0.1, 0.15) is 0 Å². The summed E-state index contributed by atoms with van der Waals surface area (Å²) in [5.41, 5.74) is 0. The van der Waals surface area contributed by atoms with E-state index in [-0.39, 0.29) is 72.8 Å². The van der Waals surface area contributed by atoms with Crippen LogP contribution in [0.5, 0.6) is 0 Å². The molecule has 0 fully saturated rings. The van der Waals surface area contributed by atoms with Crippen molar-refractivity contribution < 1.29 is 80.1 Å². The van der Waals surface area contributed by atoms with Gasteiger partial charge in [-0.15, -0.1) is 0 Å². The molecule has 0 amide bonds. The Hall–Kier alpha value is 0.0297. The average Bonchev–Trinajstić information content (AvgIpc) is 1.54. The maximum atomic E-state index is 8.44. The third-order valence-corrected chi connectivity index (χ3v) is 0. The van der Waals surface area contributed by atoms with Crippen molar-refractivity contribution in [2.24, 2.45) is 0 Å². The Balaban J connectivity index is -0.0000000184. The third-order valence-electron chi connectivity index (χ3n) is 0. The second-order valence-corrected chi connectivity index (χ2v) is 0.798. The van der Waals surface area contributed by atoms with Crippen LogP contribution in [0, 0.1) is 0 Å². The SMILES string of the molecule is O.O=C([O-])O.O=C([O-])O.O=C([O-])O.[Ca+2].[Na+]. The van der Waals surface area contributed by atoms with Gasteiger partial charge in [0.2, 0.25) is 18.5 Å². The van der Waals surface area contributed by atoms with Crippen molar-refractivity contribution in [1.29, 1.82) is 0 Å². The van der Waals surface area contributed by atoms with Crippen LogP contribution in [0.3, 0.4) is 0 Å². The van der Waals surface area contributed by atoms with Crippen LogP contribution in [0.1, 0.15) is 0 Å². The van der Waals surface area contributed by atoms with E-state index in [0.717, 1.165) is 0 Å². The van der Waals surface area contributed by atoms with Crippen LogP contribution in [0.4, 0.5) is 14.4 Å². The monoisotopic (exact) mass is 264 g/mol. The molecule has 15 heavy (non-hydrogen) atoms. The second kappa shape index (κ2) is 29.2. The molecule has 0 aromatic heterocycles. The molecule has 0 heterocycles. The van der Waals surface area contributed by atoms with Gasteiger partial charge in [-0.25, -0.2) is 0 Å². The minimum absolute atomic E-state index is 0. The van der Waals surface area contributed by atoms with Crippen molar-refractivity contribution in [2.45, 2.75) is 0 Å². The van der Waals surface area contributed by atoms with Crippen molar-refractivity contribution in [3.63, 3.8) is 0 Å². The van der Waals surface area contributed by atoms with E-state index in [2.05, 4.69) is 0 Å². The molecule has 0 aliphatic carbocycles. The maximum absolute atomic E-state index is 8.44. The van der Waals surface area contributed by atoms with Gasteiger partial charge in [0, 0.05) is 0 Å². The molecular formula is C3H5CaNaO10. The molecule has 0 aliphatic heterocycles. The molecule has 0 aliphatic rings. The molecule has 0 rings (SSSR count). The Morgan fingerprint density at radius 2 is 0.733 bits per heavy atom. The summed E-state index contributed by atoms with van der Waals surface area (Å²) < 4.78 is 0. The van der Waals surface area contributed by atoms with Gasteiger partial charge in [-0.3, -0.25) is 0 Å². The first-order valence-electron chi connectivity index (χ1n) is 1.90. The van der Waals surface area contributed by atoms with Gasteiger partial charge in [0.05, 0.1) is 0 Å². The number of carboxylic acid groups (broad SMARTS) is 6. The Labute approximate surface area is 135 Å². The zero-order valence-corrected chi connectivity index (χ0v) is 11.7. The Morgan fingerprint density at radius 1 is 0.733 bits per heavy atom. The molecule has 0 unspecified atom stereocenters. The van der Waals surface area contributed by atoms with Crippen LogP contribution in [-0.2, 0) is 0 Å². The van der Waals surface area contributed by atoms with E-state index in [1.54, 1.807) is 0 Å². The largest absolute Gasteiger partial charge is 2.00 e. The first-order chi connectivity index (χ1) is 5.20. The zero-order chi connectivity index (χ0) is 10.7. The summed E-state index contributed by atoms with van der Waals surface area (Å²) in [6.45, 7) is 0. The van der Waals surface area contributed by atoms with Gasteiger partial charge in [0.25, 0.3) is 0 Å². The van der Waals surface area contributed by atoms with Gasteiger partial charge in [-0.05, 0) is 0 Å². The number of rotatable bonds is 0. The first kappa shape index (κ1) is 36.3. The summed E-state index contributed by atoms with van der Waals surface area (Å²) in [4.78, 5) is 25.3. The predicted octanol–water partition coefficient (Wildman–Crippen LogP) is -7.54. The standard InChI is InChI=1S/3CH2O3.Ca.Na.H2O/c3*2-1(3)4;;;/h3*(H2,2,3,4);;;1H2/q;;;+2;+1;/p-3. The normalized spacial score (nSPS) is 4.80. The predicted molar refractivity (Wildman–Crippen MR) is 33.4 cm³/mol. The molecule has 0 aromatic carbocycles. The van der Waals surface area contributed by atoms with E-state index in [4.69, 9.17) is 45.0 Å². The molecular weight excluding hydrogens is 259 g/mol. The van der Waals surface area contributed by atoms with Crippen LogP contribution < -0.4 is 44.9 Å². The van der Waals surface area contributed by atoms with Crippen LogP contribution >= 0.6 is 0 Å². The fourth-order valence-corrected chi connectivity index (χ4v) is 0. The Morgan fingerprint density at radius 3 is 0.733 bits per heavy atom. The van der Waals surface area contributed by atoms with Crippen LogP contribution in [0.25, 0.3) is 0 Å². The van der Waals surface area contributed by atoms with Crippen molar-refractivity contribution in [3.05, 3.63) is 0 Å². The Bertz CT molecular complexity index is 118. The van der Waals surface area contributed by atoms with Gasteiger partial charge in [0.15, 0.2) is 0 Å². The van der Waals surface area contributed by atoms with Crippen LogP contribution in [-0.4, -0.2) is 77.0 Å². The molecule has 5 N–H and O–H groups in total. The molecule has 0 radical (unpaired) electrons. The van der Waals surface area contributed by atoms with Crippen molar-refractivity contribution in [3.8, 4) is 0 Å². The summed E-state index contributed by atoms with van der Waals surface area (Å²) in [6.07, 6.45) is -6.25.